The summed E-state index contributed by atoms with van der Waals surface area (Å²) in [6, 6.07) is 29.2. The molecule has 0 amide bonds. The summed E-state index contributed by atoms with van der Waals surface area (Å²) in [4.78, 5) is 27.8. The SMILES string of the molecule is CC.CNc1cc(Nc2nccc(-c3cn(C)c4ccccc34)n2)c(OC)cc1N(C)CCN(C)C.COc1cc(N2CCN(C)CC2)c(NC(C)C)cc1Nc1nccc(-c2cn(C)c3ccccc23)n1. The Hall–Kier alpha value is -7.56. The van der Waals surface area contributed by atoms with Gasteiger partial charge in [-0.1, -0.05) is 50.2 Å². The normalized spacial score (nSPS) is 12.6. The van der Waals surface area contributed by atoms with Crippen LogP contribution in [0.15, 0.2) is 110 Å². The fourth-order valence-corrected chi connectivity index (χ4v) is 8.86. The number of piperazine rings is 1. The third-order valence-corrected chi connectivity index (χ3v) is 12.6. The summed E-state index contributed by atoms with van der Waals surface area (Å²) in [5.74, 6) is 2.53. The molecule has 0 radical (unpaired) electrons. The number of benzene rings is 4. The van der Waals surface area contributed by atoms with Crippen molar-refractivity contribution >= 4 is 67.8 Å². The van der Waals surface area contributed by atoms with Crippen LogP contribution in [0.5, 0.6) is 11.5 Å². The first-order valence-corrected chi connectivity index (χ1v) is 24.8. The summed E-state index contributed by atoms with van der Waals surface area (Å²) in [6.45, 7) is 14.2. The minimum absolute atomic E-state index is 0.295. The number of aromatic nitrogens is 6. The van der Waals surface area contributed by atoms with Gasteiger partial charge in [0.25, 0.3) is 0 Å². The van der Waals surface area contributed by atoms with Gasteiger partial charge in [-0.05, 0) is 71.4 Å². The van der Waals surface area contributed by atoms with E-state index in [-0.39, 0.29) is 0 Å². The van der Waals surface area contributed by atoms with Crippen LogP contribution >= 0.6 is 0 Å². The van der Waals surface area contributed by atoms with E-state index >= 15 is 0 Å². The molecule has 380 valence electrons. The van der Waals surface area contributed by atoms with E-state index in [9.17, 15) is 0 Å². The lowest BCUT2D eigenvalue weighted by Gasteiger charge is -2.36. The number of likely N-dealkylation sites (N-methyl/N-ethyl adjacent to an activating group) is 3. The van der Waals surface area contributed by atoms with E-state index in [1.54, 1.807) is 26.6 Å². The predicted octanol–water partition coefficient (Wildman–Crippen LogP) is 10.4. The fraction of sp³-hybridized carbons (Fsp3) is 0.357. The van der Waals surface area contributed by atoms with Gasteiger partial charge in [-0.15, -0.1) is 0 Å². The van der Waals surface area contributed by atoms with Gasteiger partial charge in [-0.2, -0.15) is 0 Å². The lowest BCUT2D eigenvalue weighted by molar-refractivity contribution is 0.313. The van der Waals surface area contributed by atoms with E-state index < -0.39 is 0 Å². The standard InChI is InChI=1S/C28H35N7O.C26H33N7O.C2H6/c1-19(2)30-23-16-24(27(36-5)17-26(23)35-14-12-33(3)13-15-35)32-28-29-11-10-22(31-28)21-18-34(4)25-9-7-6-8-20(21)25;1-27-21-15-22(25(34-6)16-24(21)32(4)14-13-31(2)3)30-26-28-12-11-20(29-26)19-17-33(5)23-10-8-7-9-18(19)23;1-2/h6-11,16-19,30H,12-15H2,1-5H3,(H,29,31,32);7-12,15-17,27H,13-14H2,1-6H3,(H,28,29,30);1-2H3. The van der Waals surface area contributed by atoms with Crippen molar-refractivity contribution in [1.82, 2.24) is 38.9 Å². The Kier molecular flexibility index (Phi) is 17.4. The van der Waals surface area contributed by atoms with Gasteiger partial charge in [-0.3, -0.25) is 0 Å². The second-order valence-corrected chi connectivity index (χ2v) is 18.3. The van der Waals surface area contributed by atoms with Crippen LogP contribution in [0.2, 0.25) is 0 Å². The zero-order valence-corrected chi connectivity index (χ0v) is 44.5. The van der Waals surface area contributed by atoms with Crippen molar-refractivity contribution in [2.45, 2.75) is 33.7 Å². The topological polar surface area (TPSA) is 141 Å². The molecule has 0 atom stereocenters. The predicted molar refractivity (Wildman–Crippen MR) is 302 cm³/mol. The largest absolute Gasteiger partial charge is 0.494 e. The van der Waals surface area contributed by atoms with Gasteiger partial charge < -0.3 is 59.5 Å². The van der Waals surface area contributed by atoms with Crippen molar-refractivity contribution in [1.29, 1.82) is 0 Å². The van der Waals surface area contributed by atoms with Crippen LogP contribution in [0.25, 0.3) is 44.3 Å². The number of nitrogens with zero attached hydrogens (tertiary/aromatic N) is 10. The number of anilines is 8. The van der Waals surface area contributed by atoms with Crippen LogP contribution in [0.4, 0.5) is 46.0 Å². The highest BCUT2D eigenvalue weighted by atomic mass is 16.5. The number of fused-ring (bicyclic) bond motifs is 2. The number of ether oxygens (including phenoxy) is 2. The summed E-state index contributed by atoms with van der Waals surface area (Å²) in [6.07, 6.45) is 7.80. The molecule has 1 aliphatic rings. The molecule has 4 aromatic carbocycles. The average molecular weight is 975 g/mol. The van der Waals surface area contributed by atoms with Crippen molar-refractivity contribution < 1.29 is 9.47 Å². The zero-order valence-electron chi connectivity index (χ0n) is 44.5. The number of methoxy groups -OCH3 is 2. The van der Waals surface area contributed by atoms with Crippen molar-refractivity contribution in [2.24, 2.45) is 14.1 Å². The number of aryl methyl sites for hydroxylation is 2. The molecule has 16 nitrogen and oxygen atoms in total. The third kappa shape index (κ3) is 12.1. The number of rotatable bonds is 16. The van der Waals surface area contributed by atoms with E-state index in [4.69, 9.17) is 19.4 Å². The Morgan fingerprint density at radius 1 is 0.625 bits per heavy atom. The lowest BCUT2D eigenvalue weighted by atomic mass is 10.1. The van der Waals surface area contributed by atoms with Crippen LogP contribution in [0.1, 0.15) is 27.7 Å². The molecule has 1 saturated heterocycles. The first-order chi connectivity index (χ1) is 34.8. The number of para-hydroxylation sites is 2. The van der Waals surface area contributed by atoms with E-state index in [1.807, 2.05) is 64.3 Å². The summed E-state index contributed by atoms with van der Waals surface area (Å²) >= 11 is 0. The highest BCUT2D eigenvalue weighted by molar-refractivity contribution is 5.96. The fourth-order valence-electron chi connectivity index (χ4n) is 8.86. The number of hydrogen-bond acceptors (Lipinski definition) is 14. The van der Waals surface area contributed by atoms with Crippen molar-refractivity contribution in [3.05, 3.63) is 110 Å². The van der Waals surface area contributed by atoms with Crippen molar-refractivity contribution in [2.75, 3.05) is 120 Å². The zero-order chi connectivity index (χ0) is 51.5. The second-order valence-electron chi connectivity index (χ2n) is 18.3. The third-order valence-electron chi connectivity index (χ3n) is 12.6. The smallest absolute Gasteiger partial charge is 0.227 e. The van der Waals surface area contributed by atoms with Crippen LogP contribution in [0, 0.1) is 0 Å². The summed E-state index contributed by atoms with van der Waals surface area (Å²) in [7, 11) is 17.8. The molecule has 4 N–H and O–H groups in total. The van der Waals surface area contributed by atoms with Gasteiger partial charge in [0.05, 0.1) is 59.7 Å². The average Bonchev–Trinajstić information content (AvgIpc) is 3.92. The van der Waals surface area contributed by atoms with E-state index in [1.165, 1.54) is 16.4 Å². The van der Waals surface area contributed by atoms with Gasteiger partial charge in [0, 0.05) is 143 Å². The molecular formula is C56H74N14O2. The maximum Gasteiger partial charge on any atom is 0.227 e. The highest BCUT2D eigenvalue weighted by Gasteiger charge is 2.22. The van der Waals surface area contributed by atoms with E-state index in [0.717, 1.165) is 113 Å². The van der Waals surface area contributed by atoms with Crippen LogP contribution in [0.3, 0.4) is 0 Å². The van der Waals surface area contributed by atoms with Gasteiger partial charge in [-0.25, -0.2) is 19.9 Å². The summed E-state index contributed by atoms with van der Waals surface area (Å²) < 4.78 is 15.8. The molecule has 5 heterocycles. The summed E-state index contributed by atoms with van der Waals surface area (Å²) in [5.41, 5.74) is 12.1. The van der Waals surface area contributed by atoms with Gasteiger partial charge in [0.15, 0.2) is 0 Å². The first-order valence-electron chi connectivity index (χ1n) is 24.8. The van der Waals surface area contributed by atoms with Gasteiger partial charge in [0.2, 0.25) is 11.9 Å². The molecule has 4 aromatic heterocycles. The Morgan fingerprint density at radius 2 is 1.12 bits per heavy atom. The molecule has 16 heteroatoms. The molecule has 1 fully saturated rings. The Bertz CT molecular complexity index is 3050. The van der Waals surface area contributed by atoms with Crippen LogP contribution < -0.4 is 40.5 Å². The molecule has 0 unspecified atom stereocenters. The highest BCUT2D eigenvalue weighted by Crippen LogP contribution is 2.40. The molecular weight excluding hydrogens is 901 g/mol. The monoisotopic (exact) mass is 975 g/mol. The molecule has 8 aromatic rings. The van der Waals surface area contributed by atoms with Crippen molar-refractivity contribution in [3.63, 3.8) is 0 Å². The van der Waals surface area contributed by atoms with E-state index in [0.29, 0.717) is 17.9 Å². The molecule has 0 saturated carbocycles. The molecule has 1 aliphatic heterocycles. The number of hydrogen-bond donors (Lipinski definition) is 4. The molecule has 0 spiro atoms. The second kappa shape index (κ2) is 24.0. The van der Waals surface area contributed by atoms with Gasteiger partial charge in [0.1, 0.15) is 11.5 Å². The first kappa shape index (κ1) is 52.3. The quantitative estimate of drug-likeness (QED) is 0.0730. The minimum Gasteiger partial charge on any atom is -0.494 e. The number of nitrogens with one attached hydrogen (secondary N) is 4. The van der Waals surface area contributed by atoms with Crippen LogP contribution in [-0.4, -0.2) is 134 Å². The van der Waals surface area contributed by atoms with Crippen LogP contribution in [-0.2, 0) is 14.1 Å². The van der Waals surface area contributed by atoms with Gasteiger partial charge >= 0.3 is 0 Å². The summed E-state index contributed by atoms with van der Waals surface area (Å²) in [5, 5.41) is 16.0. The van der Waals surface area contributed by atoms with E-state index in [2.05, 4.69) is 170 Å². The maximum atomic E-state index is 5.82. The molecule has 0 bridgehead atoms. The minimum atomic E-state index is 0.295. The maximum absolute atomic E-state index is 5.82. The Morgan fingerprint density at radius 3 is 1.61 bits per heavy atom. The molecule has 72 heavy (non-hydrogen) atoms. The Balaban J connectivity index is 0.000000205. The molecule has 9 rings (SSSR count). The lowest BCUT2D eigenvalue weighted by Crippen LogP contribution is -2.44. The van der Waals surface area contributed by atoms with Crippen molar-refractivity contribution in [3.8, 4) is 34.0 Å². The molecule has 0 aliphatic carbocycles. The Labute approximate surface area is 426 Å².